The number of methoxy groups -OCH3 is 1. The Morgan fingerprint density at radius 2 is 1.81 bits per heavy atom. The molecule has 1 aliphatic heterocycles. The SMILES string of the molecule is COc1ccc(N2CC(C)NC(C)C2)cc1NS(=O)(=O)c1ccc(-c2cccc(C)c2)s1. The standard InChI is InChI=1S/C24H29N3O3S2/c1-16-6-5-7-19(12-16)23-10-11-24(31-23)32(28,29)26-21-13-20(8-9-22(21)30-4)27-14-17(2)25-18(3)15-27/h5-13,17-18,25-26H,14-15H2,1-4H3. The third-order valence-corrected chi connectivity index (χ3v) is 8.49. The number of nitrogens with one attached hydrogen (secondary N) is 2. The van der Waals surface area contributed by atoms with Crippen LogP contribution in [0.1, 0.15) is 19.4 Å². The van der Waals surface area contributed by atoms with Gasteiger partial charge in [0.15, 0.2) is 0 Å². The molecule has 32 heavy (non-hydrogen) atoms. The van der Waals surface area contributed by atoms with Crippen molar-refractivity contribution in [3.05, 3.63) is 60.2 Å². The summed E-state index contributed by atoms with van der Waals surface area (Å²) < 4.78 is 34.8. The second-order valence-electron chi connectivity index (χ2n) is 8.35. The lowest BCUT2D eigenvalue weighted by molar-refractivity contribution is 0.406. The summed E-state index contributed by atoms with van der Waals surface area (Å²) in [5.74, 6) is 0.490. The molecule has 2 aromatic carbocycles. The van der Waals surface area contributed by atoms with E-state index in [1.54, 1.807) is 13.2 Å². The largest absolute Gasteiger partial charge is 0.495 e. The van der Waals surface area contributed by atoms with Crippen molar-refractivity contribution in [1.29, 1.82) is 0 Å². The summed E-state index contributed by atoms with van der Waals surface area (Å²) in [5.41, 5.74) is 3.55. The number of ether oxygens (including phenoxy) is 1. The first-order chi connectivity index (χ1) is 15.2. The minimum atomic E-state index is -3.75. The maximum absolute atomic E-state index is 13.2. The summed E-state index contributed by atoms with van der Waals surface area (Å²) in [5, 5.41) is 3.52. The van der Waals surface area contributed by atoms with E-state index in [0.717, 1.165) is 34.8 Å². The molecule has 0 saturated carbocycles. The predicted molar refractivity (Wildman–Crippen MR) is 133 cm³/mol. The molecule has 1 aliphatic rings. The van der Waals surface area contributed by atoms with Crippen LogP contribution in [0.3, 0.4) is 0 Å². The van der Waals surface area contributed by atoms with Crippen molar-refractivity contribution in [2.24, 2.45) is 0 Å². The van der Waals surface area contributed by atoms with Crippen LogP contribution in [0.15, 0.2) is 58.8 Å². The van der Waals surface area contributed by atoms with E-state index in [-0.39, 0.29) is 4.21 Å². The van der Waals surface area contributed by atoms with Crippen LogP contribution in [0.2, 0.25) is 0 Å². The molecular formula is C24H29N3O3S2. The van der Waals surface area contributed by atoms with Gasteiger partial charge in [-0.25, -0.2) is 8.42 Å². The Balaban J connectivity index is 1.61. The molecule has 2 unspecified atom stereocenters. The number of benzene rings is 2. The van der Waals surface area contributed by atoms with Crippen LogP contribution in [-0.4, -0.2) is 40.7 Å². The molecule has 0 radical (unpaired) electrons. The molecule has 6 nitrogen and oxygen atoms in total. The lowest BCUT2D eigenvalue weighted by atomic mass is 10.1. The van der Waals surface area contributed by atoms with Crippen molar-refractivity contribution in [3.8, 4) is 16.2 Å². The van der Waals surface area contributed by atoms with Gasteiger partial charge in [0.25, 0.3) is 10.0 Å². The second-order valence-corrected chi connectivity index (χ2v) is 11.3. The molecule has 0 bridgehead atoms. The number of thiophene rings is 1. The average molecular weight is 472 g/mol. The summed E-state index contributed by atoms with van der Waals surface area (Å²) >= 11 is 1.26. The van der Waals surface area contributed by atoms with Gasteiger partial charge in [-0.1, -0.05) is 29.8 Å². The normalized spacial score (nSPS) is 19.1. The number of aryl methyl sites for hydroxylation is 1. The monoisotopic (exact) mass is 471 g/mol. The zero-order chi connectivity index (χ0) is 22.9. The topological polar surface area (TPSA) is 70.7 Å². The van der Waals surface area contributed by atoms with Gasteiger partial charge in [0, 0.05) is 35.7 Å². The summed E-state index contributed by atoms with van der Waals surface area (Å²) in [7, 11) is -2.21. The molecule has 2 atom stereocenters. The Bertz CT molecular complexity index is 1200. The number of sulfonamides is 1. The van der Waals surface area contributed by atoms with Gasteiger partial charge in [-0.2, -0.15) is 0 Å². The third-order valence-electron chi connectivity index (χ3n) is 5.50. The van der Waals surface area contributed by atoms with Crippen LogP contribution in [0.5, 0.6) is 5.75 Å². The van der Waals surface area contributed by atoms with Crippen LogP contribution in [0.25, 0.3) is 10.4 Å². The van der Waals surface area contributed by atoms with Gasteiger partial charge in [0.1, 0.15) is 9.96 Å². The maximum Gasteiger partial charge on any atom is 0.271 e. The third kappa shape index (κ3) is 4.92. The first-order valence-corrected chi connectivity index (χ1v) is 12.9. The first kappa shape index (κ1) is 22.6. The average Bonchev–Trinajstić information content (AvgIpc) is 3.24. The Kier molecular flexibility index (Phi) is 6.46. The number of nitrogens with zero attached hydrogens (tertiary/aromatic N) is 1. The number of rotatable bonds is 6. The number of hydrogen-bond donors (Lipinski definition) is 2. The molecule has 1 fully saturated rings. The van der Waals surface area contributed by atoms with Crippen LogP contribution < -0.4 is 19.7 Å². The molecule has 0 spiro atoms. The summed E-state index contributed by atoms with van der Waals surface area (Å²) in [4.78, 5) is 3.18. The zero-order valence-electron chi connectivity index (χ0n) is 18.8. The molecule has 2 heterocycles. The molecule has 3 aromatic rings. The highest BCUT2D eigenvalue weighted by Gasteiger charge is 2.24. The highest BCUT2D eigenvalue weighted by Crippen LogP contribution is 2.35. The minimum Gasteiger partial charge on any atom is -0.495 e. The smallest absolute Gasteiger partial charge is 0.271 e. The van der Waals surface area contributed by atoms with Gasteiger partial charge in [-0.05, 0) is 56.7 Å². The fraction of sp³-hybridized carbons (Fsp3) is 0.333. The fourth-order valence-electron chi connectivity index (χ4n) is 4.12. The van der Waals surface area contributed by atoms with Crippen molar-refractivity contribution in [2.45, 2.75) is 37.1 Å². The molecule has 1 aromatic heterocycles. The molecule has 0 amide bonds. The maximum atomic E-state index is 13.2. The zero-order valence-corrected chi connectivity index (χ0v) is 20.4. The highest BCUT2D eigenvalue weighted by atomic mass is 32.2. The second kappa shape index (κ2) is 9.13. The first-order valence-electron chi connectivity index (χ1n) is 10.6. The van der Waals surface area contributed by atoms with Crippen LogP contribution in [-0.2, 0) is 10.0 Å². The van der Waals surface area contributed by atoms with E-state index in [1.807, 2.05) is 49.4 Å². The molecule has 4 rings (SSSR count). The number of anilines is 2. The van der Waals surface area contributed by atoms with Crippen molar-refractivity contribution in [3.63, 3.8) is 0 Å². The van der Waals surface area contributed by atoms with Crippen molar-refractivity contribution >= 4 is 32.7 Å². The van der Waals surface area contributed by atoms with Crippen LogP contribution >= 0.6 is 11.3 Å². The van der Waals surface area contributed by atoms with Crippen LogP contribution in [0.4, 0.5) is 11.4 Å². The Morgan fingerprint density at radius 3 is 2.50 bits per heavy atom. The van der Waals surface area contributed by atoms with Crippen molar-refractivity contribution in [1.82, 2.24) is 5.32 Å². The van der Waals surface area contributed by atoms with Gasteiger partial charge < -0.3 is 15.0 Å². The van der Waals surface area contributed by atoms with Crippen LogP contribution in [0, 0.1) is 6.92 Å². The highest BCUT2D eigenvalue weighted by molar-refractivity contribution is 7.94. The van der Waals surface area contributed by atoms with E-state index in [1.165, 1.54) is 11.3 Å². The molecule has 8 heteroatoms. The van der Waals surface area contributed by atoms with Gasteiger partial charge in [0.2, 0.25) is 0 Å². The van der Waals surface area contributed by atoms with E-state index in [2.05, 4.69) is 34.9 Å². The van der Waals surface area contributed by atoms with E-state index >= 15 is 0 Å². The molecule has 2 N–H and O–H groups in total. The molecule has 170 valence electrons. The number of hydrogen-bond acceptors (Lipinski definition) is 6. The lowest BCUT2D eigenvalue weighted by Crippen LogP contribution is -2.54. The summed E-state index contributed by atoms with van der Waals surface area (Å²) in [6.45, 7) is 8.04. The van der Waals surface area contributed by atoms with Crippen molar-refractivity contribution in [2.75, 3.05) is 29.8 Å². The van der Waals surface area contributed by atoms with E-state index in [9.17, 15) is 8.42 Å². The van der Waals surface area contributed by atoms with Gasteiger partial charge in [-0.15, -0.1) is 11.3 Å². The van der Waals surface area contributed by atoms with Gasteiger partial charge in [0.05, 0.1) is 12.8 Å². The summed E-state index contributed by atoms with van der Waals surface area (Å²) in [6, 6.07) is 17.9. The van der Waals surface area contributed by atoms with E-state index in [0.29, 0.717) is 23.5 Å². The minimum absolute atomic E-state index is 0.269. The van der Waals surface area contributed by atoms with E-state index in [4.69, 9.17) is 4.74 Å². The molecule has 0 aliphatic carbocycles. The van der Waals surface area contributed by atoms with Crippen molar-refractivity contribution < 1.29 is 13.2 Å². The lowest BCUT2D eigenvalue weighted by Gasteiger charge is -2.38. The summed E-state index contributed by atoms with van der Waals surface area (Å²) in [6.07, 6.45) is 0. The Labute approximate surface area is 194 Å². The number of piperazine rings is 1. The van der Waals surface area contributed by atoms with E-state index < -0.39 is 10.0 Å². The molecular weight excluding hydrogens is 442 g/mol. The Hall–Kier alpha value is -2.55. The quantitative estimate of drug-likeness (QED) is 0.544. The van der Waals surface area contributed by atoms with Gasteiger partial charge in [-0.3, -0.25) is 4.72 Å². The predicted octanol–water partition coefficient (Wildman–Crippen LogP) is 4.72. The molecule has 1 saturated heterocycles. The Morgan fingerprint density at radius 1 is 1.06 bits per heavy atom. The fourth-order valence-corrected chi connectivity index (χ4v) is 6.49. The van der Waals surface area contributed by atoms with Gasteiger partial charge >= 0.3 is 0 Å².